The molecule has 0 aliphatic heterocycles. The molecule has 3 rings (SSSR count). The highest BCUT2D eigenvalue weighted by Crippen LogP contribution is 2.27. The summed E-state index contributed by atoms with van der Waals surface area (Å²) in [7, 11) is -3.00. The number of aromatic nitrogens is 2. The topological polar surface area (TPSA) is 101 Å². The Hall–Kier alpha value is -2.98. The van der Waals surface area contributed by atoms with Crippen LogP contribution in [-0.2, 0) is 10.0 Å². The van der Waals surface area contributed by atoms with E-state index < -0.39 is 27.6 Å². The molecule has 0 saturated carbocycles. The van der Waals surface area contributed by atoms with Crippen LogP contribution in [0, 0.1) is 18.6 Å². The van der Waals surface area contributed by atoms with Crippen LogP contribution in [0.3, 0.4) is 0 Å². The predicted molar refractivity (Wildman–Crippen MR) is 101 cm³/mol. The van der Waals surface area contributed by atoms with Crippen molar-refractivity contribution in [2.24, 2.45) is 0 Å². The van der Waals surface area contributed by atoms with Crippen LogP contribution < -0.4 is 9.46 Å². The number of amides is 1. The Morgan fingerprint density at radius 2 is 1.93 bits per heavy atom. The summed E-state index contributed by atoms with van der Waals surface area (Å²) >= 11 is 5.93. The number of nitrogens with one attached hydrogen (secondary N) is 2. The van der Waals surface area contributed by atoms with Gasteiger partial charge in [0.15, 0.2) is 5.69 Å². The number of carbonyl (C=O) groups excluding carboxylic acids is 1. The third kappa shape index (κ3) is 4.22. The zero-order valence-corrected chi connectivity index (χ0v) is 16.7. The molecule has 1 aromatic heterocycles. The number of carbonyl (C=O) groups is 1. The molecule has 152 valence electrons. The maximum Gasteiger partial charge on any atom is 0.285 e. The van der Waals surface area contributed by atoms with Crippen molar-refractivity contribution in [3.63, 3.8) is 0 Å². The summed E-state index contributed by atoms with van der Waals surface area (Å²) in [6.45, 7) is 1.46. The lowest BCUT2D eigenvalue weighted by Gasteiger charge is -2.09. The van der Waals surface area contributed by atoms with Crippen LogP contribution >= 0.6 is 11.6 Å². The summed E-state index contributed by atoms with van der Waals surface area (Å²) in [4.78, 5) is 18.8. The van der Waals surface area contributed by atoms with Crippen molar-refractivity contribution >= 4 is 27.5 Å². The highest BCUT2D eigenvalue weighted by Gasteiger charge is 2.25. The number of benzene rings is 2. The fraction of sp³-hybridized carbons (Fsp3) is 0.111. The number of halogens is 3. The van der Waals surface area contributed by atoms with Crippen molar-refractivity contribution < 1.29 is 26.7 Å². The Kier molecular flexibility index (Phi) is 5.58. The molecular weight excluding hydrogens is 428 g/mol. The second kappa shape index (κ2) is 7.80. The van der Waals surface area contributed by atoms with E-state index in [9.17, 15) is 22.0 Å². The van der Waals surface area contributed by atoms with Crippen molar-refractivity contribution in [1.82, 2.24) is 14.7 Å². The minimum Gasteiger partial charge on any atom is -0.497 e. The highest BCUT2D eigenvalue weighted by atomic mass is 35.5. The van der Waals surface area contributed by atoms with E-state index in [4.69, 9.17) is 16.3 Å². The quantitative estimate of drug-likeness (QED) is 0.631. The first kappa shape index (κ1) is 20.7. The molecule has 0 saturated heterocycles. The maximum atomic E-state index is 14.0. The largest absolute Gasteiger partial charge is 0.497 e. The van der Waals surface area contributed by atoms with E-state index in [0.29, 0.717) is 6.07 Å². The monoisotopic (exact) mass is 441 g/mol. The molecule has 29 heavy (non-hydrogen) atoms. The molecule has 0 radical (unpaired) electrons. The molecule has 0 unspecified atom stereocenters. The number of aromatic amines is 1. The summed E-state index contributed by atoms with van der Waals surface area (Å²) in [6.07, 6.45) is 0. The second-order valence-electron chi connectivity index (χ2n) is 5.91. The van der Waals surface area contributed by atoms with Gasteiger partial charge in [-0.05, 0) is 31.2 Å². The first-order valence-electron chi connectivity index (χ1n) is 8.05. The Labute approximate surface area is 169 Å². The number of hydrogen-bond donors (Lipinski definition) is 2. The first-order chi connectivity index (χ1) is 13.6. The van der Waals surface area contributed by atoms with Crippen molar-refractivity contribution in [3.8, 4) is 17.1 Å². The molecule has 2 N–H and O–H groups in total. The van der Waals surface area contributed by atoms with Gasteiger partial charge in [-0.1, -0.05) is 11.6 Å². The minimum absolute atomic E-state index is 0.0537. The smallest absolute Gasteiger partial charge is 0.285 e. The number of imidazole rings is 1. The molecule has 1 heterocycles. The number of nitrogens with zero attached hydrogens (tertiary/aromatic N) is 1. The summed E-state index contributed by atoms with van der Waals surface area (Å²) in [6, 6.07) is 6.79. The van der Waals surface area contributed by atoms with E-state index in [1.807, 2.05) is 4.72 Å². The van der Waals surface area contributed by atoms with Crippen LogP contribution in [0.15, 0.2) is 41.3 Å². The molecule has 3 aromatic rings. The number of H-pyrrole nitrogens is 1. The number of aryl methyl sites for hydroxylation is 1. The summed E-state index contributed by atoms with van der Waals surface area (Å²) in [5, 5.41) is -0.112. The van der Waals surface area contributed by atoms with Crippen LogP contribution in [0.25, 0.3) is 11.4 Å². The van der Waals surface area contributed by atoms with Crippen molar-refractivity contribution in [2.75, 3.05) is 7.11 Å². The van der Waals surface area contributed by atoms with Gasteiger partial charge in [-0.2, -0.15) is 0 Å². The lowest BCUT2D eigenvalue weighted by Crippen LogP contribution is -2.31. The van der Waals surface area contributed by atoms with Gasteiger partial charge in [-0.25, -0.2) is 26.9 Å². The molecule has 0 spiro atoms. The molecule has 0 bridgehead atoms. The van der Waals surface area contributed by atoms with Crippen molar-refractivity contribution in [1.29, 1.82) is 0 Å². The number of ether oxygens (including phenoxy) is 1. The number of methoxy groups -OCH3 is 1. The SMILES string of the molecule is COc1ccc(Cl)c(S(=O)(=O)NC(=O)c2nc(-c3ccc(F)cc3F)[nH]c2C)c1. The zero-order chi connectivity index (χ0) is 21.3. The maximum absolute atomic E-state index is 14.0. The fourth-order valence-electron chi connectivity index (χ4n) is 2.53. The van der Waals surface area contributed by atoms with Crippen molar-refractivity contribution in [2.45, 2.75) is 11.8 Å². The van der Waals surface area contributed by atoms with Gasteiger partial charge in [0.25, 0.3) is 15.9 Å². The summed E-state index contributed by atoms with van der Waals surface area (Å²) in [5.41, 5.74) is -0.160. The molecule has 0 fully saturated rings. The molecule has 11 heteroatoms. The van der Waals surface area contributed by atoms with Crippen LogP contribution in [0.1, 0.15) is 16.2 Å². The fourth-order valence-corrected chi connectivity index (χ4v) is 4.00. The van der Waals surface area contributed by atoms with Gasteiger partial charge in [0.05, 0.1) is 17.7 Å². The standard InChI is InChI=1S/C18H14ClF2N3O4S/c1-9-16(23-17(22-9)12-5-3-10(20)7-14(12)21)18(25)24-29(26,27)15-8-11(28-2)4-6-13(15)19/h3-8H,1-2H3,(H,22,23)(H,24,25). The van der Waals surface area contributed by atoms with E-state index in [2.05, 4.69) is 9.97 Å². The number of hydrogen-bond acceptors (Lipinski definition) is 5. The normalized spacial score (nSPS) is 11.3. The Bertz CT molecular complexity index is 1210. The van der Waals surface area contributed by atoms with E-state index in [1.54, 1.807) is 0 Å². The highest BCUT2D eigenvalue weighted by molar-refractivity contribution is 7.90. The van der Waals surface area contributed by atoms with Gasteiger partial charge in [0.2, 0.25) is 0 Å². The van der Waals surface area contributed by atoms with E-state index in [-0.39, 0.29) is 38.4 Å². The molecule has 0 aliphatic carbocycles. The zero-order valence-electron chi connectivity index (χ0n) is 15.1. The third-order valence-corrected chi connectivity index (χ3v) is 5.75. The Morgan fingerprint density at radius 1 is 1.21 bits per heavy atom. The second-order valence-corrected chi connectivity index (χ2v) is 7.97. The molecule has 2 aromatic carbocycles. The van der Waals surface area contributed by atoms with Crippen LogP contribution in [0.2, 0.25) is 5.02 Å². The third-order valence-electron chi connectivity index (χ3n) is 3.94. The van der Waals surface area contributed by atoms with Gasteiger partial charge in [0, 0.05) is 17.8 Å². The first-order valence-corrected chi connectivity index (χ1v) is 9.91. The minimum atomic E-state index is -4.35. The van der Waals surface area contributed by atoms with Gasteiger partial charge >= 0.3 is 0 Å². The van der Waals surface area contributed by atoms with E-state index in [0.717, 1.165) is 18.2 Å². The van der Waals surface area contributed by atoms with Gasteiger partial charge in [-0.3, -0.25) is 4.79 Å². The van der Waals surface area contributed by atoms with Gasteiger partial charge < -0.3 is 9.72 Å². The van der Waals surface area contributed by atoms with Gasteiger partial charge in [-0.15, -0.1) is 0 Å². The van der Waals surface area contributed by atoms with Crippen LogP contribution in [-0.4, -0.2) is 31.4 Å². The average molecular weight is 442 g/mol. The molecule has 1 amide bonds. The Balaban J connectivity index is 1.93. The Morgan fingerprint density at radius 3 is 2.59 bits per heavy atom. The average Bonchev–Trinajstić information content (AvgIpc) is 3.03. The summed E-state index contributed by atoms with van der Waals surface area (Å²) in [5.74, 6) is -2.53. The van der Waals surface area contributed by atoms with Crippen LogP contribution in [0.4, 0.5) is 8.78 Å². The lowest BCUT2D eigenvalue weighted by molar-refractivity contribution is 0.0976. The molecular formula is C18H14ClF2N3O4S. The van der Waals surface area contributed by atoms with Gasteiger partial charge in [0.1, 0.15) is 28.1 Å². The summed E-state index contributed by atoms with van der Waals surface area (Å²) < 4.78 is 59.0. The number of rotatable bonds is 5. The van der Waals surface area contributed by atoms with Crippen LogP contribution in [0.5, 0.6) is 5.75 Å². The van der Waals surface area contributed by atoms with E-state index in [1.165, 1.54) is 26.2 Å². The molecule has 0 atom stereocenters. The lowest BCUT2D eigenvalue weighted by atomic mass is 10.2. The molecule has 7 nitrogen and oxygen atoms in total. The predicted octanol–water partition coefficient (Wildman–Crippen LogP) is 3.44. The molecule has 0 aliphatic rings. The van der Waals surface area contributed by atoms with E-state index >= 15 is 0 Å². The number of sulfonamides is 1. The van der Waals surface area contributed by atoms with Crippen molar-refractivity contribution in [3.05, 3.63) is 64.4 Å².